The predicted molar refractivity (Wildman–Crippen MR) is 195 cm³/mol. The van der Waals surface area contributed by atoms with E-state index in [1.165, 1.54) is 0 Å². The summed E-state index contributed by atoms with van der Waals surface area (Å²) in [5.74, 6) is 0.642. The van der Waals surface area contributed by atoms with E-state index in [-0.39, 0.29) is 0 Å². The maximum atomic E-state index is 11.6. The quantitative estimate of drug-likeness (QED) is 0.143. The van der Waals surface area contributed by atoms with Crippen molar-refractivity contribution >= 4 is 0 Å². The van der Waals surface area contributed by atoms with Gasteiger partial charge in [0.05, 0.1) is 0 Å². The fourth-order valence-corrected chi connectivity index (χ4v) is 6.97. The molecule has 7 aromatic rings. The highest BCUT2D eigenvalue weighted by molar-refractivity contribution is 5.81. The topological polar surface area (TPSA) is 76.7 Å². The first-order valence-electron chi connectivity index (χ1n) is 16.9. The third-order valence-electron chi connectivity index (χ3n) is 9.40. The Balaban J connectivity index is 1.35. The Kier molecular flexibility index (Phi) is 9.22. The van der Waals surface area contributed by atoms with Gasteiger partial charge in [-0.2, -0.15) is 0 Å². The molecule has 0 saturated heterocycles. The van der Waals surface area contributed by atoms with Gasteiger partial charge < -0.3 is 5.11 Å². The molecule has 0 aliphatic heterocycles. The van der Waals surface area contributed by atoms with E-state index in [2.05, 4.69) is 114 Å². The van der Waals surface area contributed by atoms with Crippen LogP contribution in [0.15, 0.2) is 152 Å². The summed E-state index contributed by atoms with van der Waals surface area (Å²) in [6.07, 6.45) is 4.03. The molecule has 1 atom stereocenters. The number of aliphatic hydroxyl groups is 1. The standard InChI is InChI=1S/C43H39N5O/c1-3-4-24-39-40(31(2)29-30-44-39)41(49)33-27-25-32(26-28-33)37-22-14-15-23-38(37)42-45-46-47-48(42)43(34-16-8-5-9-17-34,35-18-10-6-11-19-35)36-20-12-7-13-21-36/h5-23,25-30,41,49H,3-4,24H2,1-2H3. The van der Waals surface area contributed by atoms with Crippen LogP contribution in [0.4, 0.5) is 0 Å². The molecule has 0 aliphatic rings. The first kappa shape index (κ1) is 31.9. The molecule has 0 bridgehead atoms. The van der Waals surface area contributed by atoms with E-state index in [9.17, 15) is 5.11 Å². The molecule has 0 saturated carbocycles. The summed E-state index contributed by atoms with van der Waals surface area (Å²) in [7, 11) is 0. The van der Waals surface area contributed by atoms with Gasteiger partial charge in [0.15, 0.2) is 5.82 Å². The van der Waals surface area contributed by atoms with Gasteiger partial charge in [-0.3, -0.25) is 4.98 Å². The zero-order valence-corrected chi connectivity index (χ0v) is 27.8. The molecule has 0 spiro atoms. The van der Waals surface area contributed by atoms with Gasteiger partial charge in [0, 0.05) is 23.0 Å². The number of aryl methyl sites for hydroxylation is 2. The van der Waals surface area contributed by atoms with E-state index in [1.54, 1.807) is 0 Å². The summed E-state index contributed by atoms with van der Waals surface area (Å²) in [6.45, 7) is 4.22. The van der Waals surface area contributed by atoms with Gasteiger partial charge in [0.1, 0.15) is 11.6 Å². The summed E-state index contributed by atoms with van der Waals surface area (Å²) >= 11 is 0. The van der Waals surface area contributed by atoms with Crippen LogP contribution in [0.3, 0.4) is 0 Å². The molecular weight excluding hydrogens is 603 g/mol. The Bertz CT molecular complexity index is 2030. The van der Waals surface area contributed by atoms with Crippen LogP contribution in [0.1, 0.15) is 64.9 Å². The number of benzene rings is 5. The summed E-state index contributed by atoms with van der Waals surface area (Å²) in [4.78, 5) is 4.64. The molecule has 0 amide bonds. The number of tetrazole rings is 1. The van der Waals surface area contributed by atoms with Crippen LogP contribution >= 0.6 is 0 Å². The van der Waals surface area contributed by atoms with Crippen LogP contribution in [0, 0.1) is 6.92 Å². The number of aliphatic hydroxyl groups excluding tert-OH is 1. The molecule has 6 nitrogen and oxygen atoms in total. The molecule has 0 fully saturated rings. The Morgan fingerprint density at radius 1 is 0.673 bits per heavy atom. The van der Waals surface area contributed by atoms with E-state index in [0.717, 1.165) is 75.0 Å². The molecule has 0 radical (unpaired) electrons. The molecule has 1 N–H and O–H groups in total. The number of hydrogen-bond acceptors (Lipinski definition) is 5. The number of pyridine rings is 1. The average molecular weight is 642 g/mol. The van der Waals surface area contributed by atoms with E-state index >= 15 is 0 Å². The van der Waals surface area contributed by atoms with Gasteiger partial charge in [-0.05, 0) is 75.2 Å². The van der Waals surface area contributed by atoms with Crippen molar-refractivity contribution in [3.8, 4) is 22.5 Å². The van der Waals surface area contributed by atoms with Crippen molar-refractivity contribution in [1.29, 1.82) is 0 Å². The van der Waals surface area contributed by atoms with Gasteiger partial charge in [-0.1, -0.05) is 153 Å². The number of nitrogens with zero attached hydrogens (tertiary/aromatic N) is 5. The fraction of sp³-hybridized carbons (Fsp3) is 0.163. The highest BCUT2D eigenvalue weighted by atomic mass is 16.3. The smallest absolute Gasteiger partial charge is 0.184 e. The van der Waals surface area contributed by atoms with Crippen molar-refractivity contribution in [2.75, 3.05) is 0 Å². The molecule has 49 heavy (non-hydrogen) atoms. The first-order chi connectivity index (χ1) is 24.1. The third-order valence-corrected chi connectivity index (χ3v) is 9.40. The Hall–Kier alpha value is -5.72. The molecule has 6 heteroatoms. The minimum absolute atomic E-state index is 0.642. The van der Waals surface area contributed by atoms with E-state index < -0.39 is 11.6 Å². The lowest BCUT2D eigenvalue weighted by Gasteiger charge is -2.36. The molecule has 2 heterocycles. The Morgan fingerprint density at radius 3 is 1.80 bits per heavy atom. The second-order valence-electron chi connectivity index (χ2n) is 12.4. The summed E-state index contributed by atoms with van der Waals surface area (Å²) in [5, 5.41) is 25.4. The lowest BCUT2D eigenvalue weighted by molar-refractivity contribution is 0.217. The minimum Gasteiger partial charge on any atom is -0.384 e. The monoisotopic (exact) mass is 641 g/mol. The number of rotatable bonds is 11. The van der Waals surface area contributed by atoms with Gasteiger partial charge >= 0.3 is 0 Å². The second kappa shape index (κ2) is 14.2. The van der Waals surface area contributed by atoms with Crippen LogP contribution in [0.25, 0.3) is 22.5 Å². The second-order valence-corrected chi connectivity index (χ2v) is 12.4. The summed E-state index contributed by atoms with van der Waals surface area (Å²) in [5.41, 5.74) is 8.91. The predicted octanol–water partition coefficient (Wildman–Crippen LogP) is 8.98. The molecule has 242 valence electrons. The molecule has 2 aromatic heterocycles. The van der Waals surface area contributed by atoms with Crippen molar-refractivity contribution in [1.82, 2.24) is 25.2 Å². The largest absolute Gasteiger partial charge is 0.384 e. The van der Waals surface area contributed by atoms with E-state index in [4.69, 9.17) is 10.3 Å². The number of hydrogen-bond donors (Lipinski definition) is 1. The summed E-state index contributed by atoms with van der Waals surface area (Å²) in [6, 6.07) is 49.6. The van der Waals surface area contributed by atoms with Gasteiger partial charge in [-0.25, -0.2) is 4.68 Å². The van der Waals surface area contributed by atoms with E-state index in [0.29, 0.717) is 5.82 Å². The Labute approximate surface area is 287 Å². The number of unbranched alkanes of at least 4 members (excludes halogenated alkanes) is 1. The van der Waals surface area contributed by atoms with Crippen LogP contribution in [0.2, 0.25) is 0 Å². The van der Waals surface area contributed by atoms with Gasteiger partial charge in [-0.15, -0.1) is 5.10 Å². The van der Waals surface area contributed by atoms with Crippen molar-refractivity contribution in [2.24, 2.45) is 0 Å². The normalized spacial score (nSPS) is 12.1. The highest BCUT2D eigenvalue weighted by Gasteiger charge is 2.42. The van der Waals surface area contributed by atoms with Crippen molar-refractivity contribution < 1.29 is 5.11 Å². The van der Waals surface area contributed by atoms with Gasteiger partial charge in [0.2, 0.25) is 0 Å². The average Bonchev–Trinajstić information content (AvgIpc) is 3.65. The zero-order valence-electron chi connectivity index (χ0n) is 27.8. The molecule has 0 aliphatic carbocycles. The summed E-state index contributed by atoms with van der Waals surface area (Å²) < 4.78 is 1.97. The minimum atomic E-state index is -0.860. The van der Waals surface area contributed by atoms with Gasteiger partial charge in [0.25, 0.3) is 0 Å². The van der Waals surface area contributed by atoms with E-state index in [1.807, 2.05) is 66.3 Å². The zero-order chi connectivity index (χ0) is 33.6. The fourth-order valence-electron chi connectivity index (χ4n) is 6.97. The molecular formula is C43H39N5O. The number of aromatic nitrogens is 5. The van der Waals surface area contributed by atoms with Crippen LogP contribution < -0.4 is 0 Å². The SMILES string of the molecule is CCCCc1nccc(C)c1C(O)c1ccc(-c2ccccc2-c2nnnn2C(c2ccccc2)(c2ccccc2)c2ccccc2)cc1. The highest BCUT2D eigenvalue weighted by Crippen LogP contribution is 2.43. The van der Waals surface area contributed by atoms with Crippen molar-refractivity contribution in [3.63, 3.8) is 0 Å². The molecule has 5 aromatic carbocycles. The third kappa shape index (κ3) is 5.96. The Morgan fingerprint density at radius 2 is 1.22 bits per heavy atom. The van der Waals surface area contributed by atoms with Crippen LogP contribution in [-0.4, -0.2) is 30.3 Å². The van der Waals surface area contributed by atoms with Crippen molar-refractivity contribution in [3.05, 3.63) is 191 Å². The lowest BCUT2D eigenvalue weighted by Crippen LogP contribution is -2.39. The molecule has 7 rings (SSSR count). The lowest BCUT2D eigenvalue weighted by atomic mass is 9.77. The first-order valence-corrected chi connectivity index (χ1v) is 16.9. The van der Waals surface area contributed by atoms with Crippen molar-refractivity contribution in [2.45, 2.75) is 44.8 Å². The molecule has 1 unspecified atom stereocenters. The van der Waals surface area contributed by atoms with Crippen LogP contribution in [0.5, 0.6) is 0 Å². The van der Waals surface area contributed by atoms with Crippen LogP contribution in [-0.2, 0) is 12.0 Å². The maximum Gasteiger partial charge on any atom is 0.184 e. The maximum absolute atomic E-state index is 11.6.